The molecule has 0 aromatic carbocycles. The fourth-order valence-electron chi connectivity index (χ4n) is 7.58. The number of likely N-dealkylation sites (N-methyl/N-ethyl adjacent to an activating group) is 1. The maximum atomic E-state index is 12.3. The maximum Gasteiger partial charge on any atom is 0.306 e. The molecule has 8 N–H and O–H groups in total. The SMILES string of the molecule is CC(COC(=O)CCC(=O)O)OC(=O)CCC(=O)O.CCCCCCCCCCCCCCN(CC(C)OC(=O)CCC(=O)O)CC(C)C(=O)CCC(=O)O.CN(CCOC(=O)CCC(=O)O)CCC(=O)CCC(=O)O.O=C(O)CCC(=O)OCCOC(=O)CCC(=O)O. The van der Waals surface area contributed by atoms with Gasteiger partial charge in [-0.25, -0.2) is 0 Å². The fourth-order valence-corrected chi connectivity index (χ4v) is 7.58. The summed E-state index contributed by atoms with van der Waals surface area (Å²) in [4.78, 5) is 177. The van der Waals surface area contributed by atoms with Gasteiger partial charge in [-0.05, 0) is 33.9 Å². The Labute approximate surface area is 547 Å². The molecule has 0 bridgehead atoms. The number of ether oxygens (including phenoxy) is 6. The Kier molecular flexibility index (Phi) is 59.9. The van der Waals surface area contributed by atoms with Crippen LogP contribution in [0.1, 0.15) is 214 Å². The summed E-state index contributed by atoms with van der Waals surface area (Å²) in [6, 6.07) is 0. The Balaban J connectivity index is -0.000000603. The van der Waals surface area contributed by atoms with E-state index in [1.807, 2.05) is 6.92 Å². The zero-order valence-electron chi connectivity index (χ0n) is 55.1. The van der Waals surface area contributed by atoms with Gasteiger partial charge in [0, 0.05) is 51.4 Å². The molecule has 32 heteroatoms. The third kappa shape index (κ3) is 72.9. The Morgan fingerprint density at radius 2 is 0.638 bits per heavy atom. The monoisotopic (exact) mass is 1350 g/mol. The third-order valence-electron chi connectivity index (χ3n) is 12.6. The van der Waals surface area contributed by atoms with E-state index >= 15 is 0 Å². The average Bonchev–Trinajstić information content (AvgIpc) is 1.32. The molecule has 540 valence electrons. The molecule has 0 aromatic heterocycles. The minimum atomic E-state index is -1.11. The van der Waals surface area contributed by atoms with Crippen LogP contribution in [0.3, 0.4) is 0 Å². The summed E-state index contributed by atoms with van der Waals surface area (Å²) in [6.07, 6.45) is 10.7. The predicted molar refractivity (Wildman–Crippen MR) is 329 cm³/mol. The topological polar surface area (TPSA) is 497 Å². The first-order valence-corrected chi connectivity index (χ1v) is 31.4. The average molecular weight is 1360 g/mol. The molecule has 0 saturated carbocycles. The van der Waals surface area contributed by atoms with Crippen molar-refractivity contribution in [3.63, 3.8) is 0 Å². The summed E-state index contributed by atoms with van der Waals surface area (Å²) in [5.74, 6) is -12.9. The van der Waals surface area contributed by atoms with Gasteiger partial charge in [-0.1, -0.05) is 84.5 Å². The van der Waals surface area contributed by atoms with Crippen LogP contribution in [0.5, 0.6) is 0 Å². The van der Waals surface area contributed by atoms with Crippen LogP contribution in [0.2, 0.25) is 0 Å². The summed E-state index contributed by atoms with van der Waals surface area (Å²) >= 11 is 0. The van der Waals surface area contributed by atoms with E-state index in [2.05, 4.69) is 26.0 Å². The van der Waals surface area contributed by atoms with E-state index in [0.29, 0.717) is 26.2 Å². The van der Waals surface area contributed by atoms with E-state index in [1.54, 1.807) is 18.9 Å². The number of carbonyl (C=O) groups excluding carboxylic acids is 8. The molecule has 0 spiro atoms. The highest BCUT2D eigenvalue weighted by atomic mass is 16.6. The van der Waals surface area contributed by atoms with Gasteiger partial charge in [0.25, 0.3) is 0 Å². The van der Waals surface area contributed by atoms with Gasteiger partial charge in [0.2, 0.25) is 0 Å². The van der Waals surface area contributed by atoms with Crippen molar-refractivity contribution in [1.82, 2.24) is 9.80 Å². The van der Waals surface area contributed by atoms with Crippen LogP contribution < -0.4 is 0 Å². The van der Waals surface area contributed by atoms with E-state index in [1.165, 1.54) is 71.1 Å². The summed E-state index contributed by atoms with van der Waals surface area (Å²) in [6.45, 7) is 9.42. The molecule has 3 unspecified atom stereocenters. The molecule has 0 fully saturated rings. The zero-order valence-corrected chi connectivity index (χ0v) is 55.1. The van der Waals surface area contributed by atoms with E-state index in [0.717, 1.165) is 19.4 Å². The molecule has 0 amide bonds. The maximum absolute atomic E-state index is 12.3. The number of carbonyl (C=O) groups is 16. The van der Waals surface area contributed by atoms with Gasteiger partial charge in [-0.3, -0.25) is 81.6 Å². The molecular formula is C62H102N2O30. The summed E-state index contributed by atoms with van der Waals surface area (Å²) in [7, 11) is 1.75. The molecule has 32 nitrogen and oxygen atoms in total. The van der Waals surface area contributed by atoms with Crippen molar-refractivity contribution in [2.24, 2.45) is 5.92 Å². The summed E-state index contributed by atoms with van der Waals surface area (Å²) < 4.78 is 28.8. The number of hydrogen-bond acceptors (Lipinski definition) is 24. The molecule has 3 atom stereocenters. The third-order valence-corrected chi connectivity index (χ3v) is 12.6. The molecule has 0 aromatic rings. The van der Waals surface area contributed by atoms with Crippen LogP contribution in [-0.4, -0.2) is 224 Å². The summed E-state index contributed by atoms with van der Waals surface area (Å²) in [5.41, 5.74) is 0. The highest BCUT2D eigenvalue weighted by Gasteiger charge is 2.22. The Morgan fingerprint density at radius 3 is 1.02 bits per heavy atom. The van der Waals surface area contributed by atoms with Gasteiger partial charge in [-0.2, -0.15) is 0 Å². The fraction of sp³-hybridized carbons (Fsp3) is 0.742. The second kappa shape index (κ2) is 61.0. The minimum Gasteiger partial charge on any atom is -0.481 e. The van der Waals surface area contributed by atoms with Crippen molar-refractivity contribution in [2.45, 2.75) is 226 Å². The highest BCUT2D eigenvalue weighted by Crippen LogP contribution is 2.15. The number of ketones is 2. The van der Waals surface area contributed by atoms with Gasteiger partial charge >= 0.3 is 83.6 Å². The molecule has 0 rings (SSSR count). The number of esters is 6. The first-order chi connectivity index (χ1) is 44.2. The van der Waals surface area contributed by atoms with Gasteiger partial charge in [-0.15, -0.1) is 0 Å². The lowest BCUT2D eigenvalue weighted by atomic mass is 10.0. The molecule has 94 heavy (non-hydrogen) atoms. The first kappa shape index (κ1) is 92.2. The van der Waals surface area contributed by atoms with E-state index in [9.17, 15) is 76.7 Å². The number of rotatable bonds is 55. The molecular weight excluding hydrogens is 1250 g/mol. The van der Waals surface area contributed by atoms with Gasteiger partial charge in [0.05, 0.1) is 89.9 Å². The molecule has 0 aliphatic carbocycles. The van der Waals surface area contributed by atoms with Gasteiger partial charge in [0.1, 0.15) is 50.2 Å². The second-order valence-electron chi connectivity index (χ2n) is 21.7. The zero-order chi connectivity index (χ0) is 72.2. The predicted octanol–water partition coefficient (Wildman–Crippen LogP) is 6.00. The number of aliphatic carboxylic acids is 8. The van der Waals surface area contributed by atoms with Gasteiger partial charge < -0.3 is 74.2 Å². The smallest absolute Gasteiger partial charge is 0.306 e. The summed E-state index contributed by atoms with van der Waals surface area (Å²) in [5, 5.41) is 67.7. The van der Waals surface area contributed by atoms with E-state index in [-0.39, 0.29) is 153 Å². The van der Waals surface area contributed by atoms with Crippen LogP contribution in [0.4, 0.5) is 0 Å². The van der Waals surface area contributed by atoms with Crippen molar-refractivity contribution in [1.29, 1.82) is 0 Å². The Bertz CT molecular complexity index is 2260. The van der Waals surface area contributed by atoms with Crippen LogP contribution in [0, 0.1) is 5.92 Å². The number of carboxylic acid groups (broad SMARTS) is 8. The second-order valence-corrected chi connectivity index (χ2v) is 21.7. The van der Waals surface area contributed by atoms with Crippen molar-refractivity contribution >= 4 is 95.1 Å². The number of nitrogens with zero attached hydrogens (tertiary/aromatic N) is 2. The van der Waals surface area contributed by atoms with Crippen molar-refractivity contribution in [3.8, 4) is 0 Å². The lowest BCUT2D eigenvalue weighted by molar-refractivity contribution is -0.159. The molecule has 0 aliphatic heterocycles. The van der Waals surface area contributed by atoms with Crippen LogP contribution in [-0.2, 0) is 105 Å². The standard InChI is InChI=1S/C28H51NO7.C13H21NO7.C11H16O8.C10H14O8/c1-4-5-6-7-8-9-10-11-12-13-14-15-20-29(21-23(2)25(30)16-17-26(31)32)22-24(3)36-28(35)19-18-27(33)34;1-14(7-6-10(15)2-3-11(16)17)8-9-21-13(20)5-4-12(18)19;1-7(19-11(17)5-3-9(14)15)6-18-10(16)4-2-8(12)13;11-7(12)1-3-9(15)17-5-6-18-10(16)4-2-8(13)14/h23-24H,4-22H2,1-3H3,(H,31,32)(H,33,34);2-9H2,1H3,(H,16,17)(H,18,19);7H,2-6H2,1H3,(H,12,13)(H,14,15);1-6H2,(H,11,12)(H,13,14). The van der Waals surface area contributed by atoms with Crippen molar-refractivity contribution < 1.29 is 146 Å². The lowest BCUT2D eigenvalue weighted by Crippen LogP contribution is -2.38. The lowest BCUT2D eigenvalue weighted by Gasteiger charge is -2.28. The molecule has 0 saturated heterocycles. The van der Waals surface area contributed by atoms with Crippen LogP contribution in [0.25, 0.3) is 0 Å². The highest BCUT2D eigenvalue weighted by molar-refractivity contribution is 5.85. The molecule has 0 radical (unpaired) electrons. The molecule has 0 aliphatic rings. The number of carboxylic acids is 8. The number of Topliss-reactive ketones (excluding diaryl/α,β-unsaturated/α-hetero) is 2. The Hall–Kier alpha value is -8.16. The first-order valence-electron chi connectivity index (χ1n) is 31.4. The largest absolute Gasteiger partial charge is 0.481 e. The normalized spacial score (nSPS) is 11.4. The van der Waals surface area contributed by atoms with E-state index in [4.69, 9.17) is 55.1 Å². The van der Waals surface area contributed by atoms with Crippen LogP contribution >= 0.6 is 0 Å². The Morgan fingerprint density at radius 1 is 0.319 bits per heavy atom. The van der Waals surface area contributed by atoms with Crippen molar-refractivity contribution in [3.05, 3.63) is 0 Å². The van der Waals surface area contributed by atoms with Gasteiger partial charge in [0.15, 0.2) is 0 Å². The number of hydrogen-bond donors (Lipinski definition) is 8. The quantitative estimate of drug-likeness (QED) is 0.0197. The molecule has 0 heterocycles. The van der Waals surface area contributed by atoms with Crippen molar-refractivity contribution in [2.75, 3.05) is 66.2 Å². The van der Waals surface area contributed by atoms with E-state index < -0.39 is 95.8 Å². The number of unbranched alkanes of at least 4 members (excludes halogenated alkanes) is 11. The minimum absolute atomic E-state index is 0.0165. The van der Waals surface area contributed by atoms with Crippen LogP contribution in [0.15, 0.2) is 0 Å².